The molecule has 12 aromatic rings. The highest BCUT2D eigenvalue weighted by Gasteiger charge is 2.32. The Morgan fingerprint density at radius 2 is 0.712 bits per heavy atom. The highest BCUT2D eigenvalue weighted by molar-refractivity contribution is 6.33. The van der Waals surface area contributed by atoms with Crippen LogP contribution in [0.5, 0.6) is 0 Å². The van der Waals surface area contributed by atoms with Crippen LogP contribution in [0.15, 0.2) is 184 Å². The smallest absolute Gasteiger partial charge is 0.218 e. The van der Waals surface area contributed by atoms with E-state index in [0.717, 1.165) is 30.4 Å². The first kappa shape index (κ1) is 83.8. The van der Waals surface area contributed by atoms with Gasteiger partial charge in [-0.3, -0.25) is 43.9 Å². The van der Waals surface area contributed by atoms with Crippen molar-refractivity contribution in [2.45, 2.75) is 78.6 Å². The Kier molecular flexibility index (Phi) is 26.0. The maximum absolute atomic E-state index is 14.5. The summed E-state index contributed by atoms with van der Waals surface area (Å²) in [7, 11) is 10.2. The molecule has 24 nitrogen and oxygen atoms in total. The molecule has 8 heterocycles. The number of quaternary nitrogens is 1. The molecular weight excluding hydrogens is 1600 g/mol. The van der Waals surface area contributed by atoms with Gasteiger partial charge >= 0.3 is 0 Å². The molecule has 8 aromatic carbocycles. The van der Waals surface area contributed by atoms with Gasteiger partial charge in [-0.1, -0.05) is 88.9 Å². The zero-order chi connectivity index (χ0) is 83.8. The molecule has 602 valence electrons. The standard InChI is InChI=1S/C23H24ClFN5O.C22H19ClFN5O2.C22H21ClFN5O.C18H11ClF2N4O/c1-30(2,3)12-6-9-20(31)23-27-21-14-26-22(16-7-4-5-8-18(16)25)17-13-15(24)10-11-19(17)29(21)28-23;1-13(30)25-10-4-7-19(31)22-27-20-12-26-21(15-5-2-3-6-17(15)24)16-11-14(23)8-9-18(16)29(20)28-22;1-28(2)11-5-8-19(30)22-26-20-13-25-21(15-6-3-4-7-17(15)24)16-12-14(23)9-10-18(16)29(20)27-22;1-9(26)18-23-15-8-22-17(16-12(20)3-2-4-13(16)21)11-7-10(19)5-6-14(11)25(15)24-18/h4-5,7-8,10-11,13H,6,9,12,14H2,1-3H3;2-3,5-6,8-9,11H,4,7,10,12H2,1H3,(H,25,30);3-4,6-7,9-10,12H,5,8,11,13H2,1-2H3;2-7H,8H2,1H3/q+1;;;. The fraction of sp³-hybridized carbons (Fsp3) is 0.235. The topological polar surface area (TPSA) is 273 Å². The van der Waals surface area contributed by atoms with Crippen molar-refractivity contribution in [1.82, 2.24) is 69.3 Å². The molecule has 4 aliphatic heterocycles. The molecule has 0 fully saturated rings. The van der Waals surface area contributed by atoms with Crippen molar-refractivity contribution < 1.29 is 50.4 Å². The van der Waals surface area contributed by atoms with Gasteiger partial charge in [-0.05, 0) is 155 Å². The Morgan fingerprint density at radius 3 is 1.05 bits per heavy atom. The van der Waals surface area contributed by atoms with Crippen molar-refractivity contribution in [3.05, 3.63) is 304 Å². The molecule has 1 N–H and O–H groups in total. The van der Waals surface area contributed by atoms with E-state index >= 15 is 0 Å². The molecule has 4 aliphatic rings. The van der Waals surface area contributed by atoms with E-state index in [0.29, 0.717) is 148 Å². The summed E-state index contributed by atoms with van der Waals surface area (Å²) in [4.78, 5) is 98.0. The molecule has 0 atom stereocenters. The molecule has 0 saturated heterocycles. The summed E-state index contributed by atoms with van der Waals surface area (Å²) in [6, 6.07) is 43.5. The lowest BCUT2D eigenvalue weighted by Gasteiger charge is -2.23. The van der Waals surface area contributed by atoms with E-state index in [1.807, 2.05) is 19.0 Å². The molecule has 1 amide bonds. The molecule has 0 radical (unpaired) electrons. The summed E-state index contributed by atoms with van der Waals surface area (Å²) in [5.74, 6) is -1.02. The Hall–Kier alpha value is -12.1. The molecular formula is C85H75Cl4F5N19O5+. The van der Waals surface area contributed by atoms with Gasteiger partial charge in [0.2, 0.25) is 46.6 Å². The number of carbonyl (C=O) groups is 5. The highest BCUT2D eigenvalue weighted by atomic mass is 35.5. The number of hydrogen-bond donors (Lipinski definition) is 1. The van der Waals surface area contributed by atoms with Crippen molar-refractivity contribution in [3.8, 4) is 22.7 Å². The lowest BCUT2D eigenvalue weighted by Crippen LogP contribution is -2.35. The van der Waals surface area contributed by atoms with E-state index in [2.05, 4.69) is 86.8 Å². The number of fused-ring (bicyclic) bond motifs is 12. The predicted octanol–water partition coefficient (Wildman–Crippen LogP) is 15.3. The van der Waals surface area contributed by atoms with E-state index in [1.54, 1.807) is 141 Å². The van der Waals surface area contributed by atoms with Crippen molar-refractivity contribution in [2.24, 2.45) is 20.0 Å². The fourth-order valence-electron chi connectivity index (χ4n) is 13.2. The molecule has 4 aromatic heterocycles. The summed E-state index contributed by atoms with van der Waals surface area (Å²) in [6.07, 6.45) is 2.95. The fourth-order valence-corrected chi connectivity index (χ4v) is 13.9. The first-order chi connectivity index (χ1) is 56.5. The van der Waals surface area contributed by atoms with Crippen LogP contribution in [0.1, 0.15) is 163 Å². The number of rotatable bonds is 20. The summed E-state index contributed by atoms with van der Waals surface area (Å²) in [5, 5.41) is 22.1. The Morgan fingerprint density at radius 1 is 0.398 bits per heavy atom. The Bertz CT molecular complexity index is 6040. The number of Topliss-reactive ketones (excluding diaryl/α,β-unsaturated/α-hetero) is 4. The third-order valence-corrected chi connectivity index (χ3v) is 19.8. The van der Waals surface area contributed by atoms with Crippen LogP contribution >= 0.6 is 46.4 Å². The average molecular weight is 1680 g/mol. The Labute approximate surface area is 694 Å². The second-order valence-electron chi connectivity index (χ2n) is 28.8. The lowest BCUT2D eigenvalue weighted by atomic mass is 9.99. The highest BCUT2D eigenvalue weighted by Crippen LogP contribution is 2.34. The van der Waals surface area contributed by atoms with Gasteiger partial charge in [0, 0.05) is 105 Å². The van der Waals surface area contributed by atoms with Crippen molar-refractivity contribution in [1.29, 1.82) is 0 Å². The molecule has 118 heavy (non-hydrogen) atoms. The third-order valence-electron chi connectivity index (χ3n) is 18.8. The zero-order valence-electron chi connectivity index (χ0n) is 64.8. The number of nitrogens with one attached hydrogen (secondary N) is 1. The van der Waals surface area contributed by atoms with Gasteiger partial charge < -0.3 is 14.7 Å². The van der Waals surface area contributed by atoms with Crippen molar-refractivity contribution in [3.63, 3.8) is 0 Å². The molecule has 33 heteroatoms. The number of carbonyl (C=O) groups excluding carboxylic acids is 5. The number of aliphatic imine (C=N–C) groups is 4. The maximum atomic E-state index is 14.5. The largest absolute Gasteiger partial charge is 0.356 e. The number of ketones is 4. The van der Waals surface area contributed by atoms with Gasteiger partial charge in [0.15, 0.2) is 29.1 Å². The molecule has 0 aliphatic carbocycles. The summed E-state index contributed by atoms with van der Waals surface area (Å²) in [6.45, 7) is 5.39. The molecule has 0 spiro atoms. The van der Waals surface area contributed by atoms with Crippen molar-refractivity contribution in [2.75, 3.05) is 54.9 Å². The molecule has 0 saturated carbocycles. The van der Waals surface area contributed by atoms with Gasteiger partial charge in [0.1, 0.15) is 29.1 Å². The Balaban J connectivity index is 0.000000137. The molecule has 0 unspecified atom stereocenters. The normalized spacial score (nSPS) is 12.9. The zero-order valence-corrected chi connectivity index (χ0v) is 67.8. The van der Waals surface area contributed by atoms with Gasteiger partial charge in [0.25, 0.3) is 0 Å². The minimum Gasteiger partial charge on any atom is -0.356 e. The van der Waals surface area contributed by atoms with Gasteiger partial charge in [-0.2, -0.15) is 0 Å². The van der Waals surface area contributed by atoms with E-state index < -0.39 is 17.5 Å². The SMILES string of the molecule is CC(=O)NCCCC(=O)c1nc2n(n1)-c1ccc(Cl)cc1C(c1ccccc1F)=NC2.CC(=O)c1nc2n(n1)-c1ccc(Cl)cc1C(c1c(F)cccc1F)=NC2.CN(C)CCCC(=O)c1nc2n(n1)-c1ccc(Cl)cc1C(c1ccccc1F)=NC2.C[N+](C)(C)CCCC(=O)c1nc2n(n1)-c1ccc(Cl)cc1C(c1ccccc1F)=NC2. The first-order valence-electron chi connectivity index (χ1n) is 37.3. The second-order valence-corrected chi connectivity index (χ2v) is 30.6. The minimum atomic E-state index is -0.730. The second kappa shape index (κ2) is 36.6. The average Bonchev–Trinajstić information content (AvgIpc) is 1.61. The van der Waals surface area contributed by atoms with Crippen LogP contribution in [-0.2, 0) is 31.0 Å². The molecule has 0 bridgehead atoms. The van der Waals surface area contributed by atoms with Crippen LogP contribution in [0.4, 0.5) is 22.0 Å². The maximum Gasteiger partial charge on any atom is 0.218 e. The summed E-state index contributed by atoms with van der Waals surface area (Å²) >= 11 is 24.8. The quantitative estimate of drug-likeness (QED) is 0.0322. The predicted molar refractivity (Wildman–Crippen MR) is 439 cm³/mol. The van der Waals surface area contributed by atoms with Crippen LogP contribution in [0.2, 0.25) is 20.1 Å². The number of benzene rings is 8. The van der Waals surface area contributed by atoms with Gasteiger partial charge in [-0.25, -0.2) is 60.6 Å². The van der Waals surface area contributed by atoms with Crippen LogP contribution in [0, 0.1) is 29.1 Å². The van der Waals surface area contributed by atoms with Crippen LogP contribution in [0.3, 0.4) is 0 Å². The van der Waals surface area contributed by atoms with Crippen LogP contribution < -0.4 is 5.32 Å². The van der Waals surface area contributed by atoms with E-state index in [1.165, 1.54) is 54.9 Å². The third kappa shape index (κ3) is 19.3. The number of halogens is 9. The number of aromatic nitrogens is 12. The van der Waals surface area contributed by atoms with Crippen LogP contribution in [-0.4, -0.2) is 175 Å². The lowest BCUT2D eigenvalue weighted by molar-refractivity contribution is -0.870. The van der Waals surface area contributed by atoms with E-state index in [9.17, 15) is 45.9 Å². The summed E-state index contributed by atoms with van der Waals surface area (Å²) < 4.78 is 79.3. The minimum absolute atomic E-state index is 0.00961. The number of nitrogens with zero attached hydrogens (tertiary/aromatic N) is 18. The number of hydrogen-bond acceptors (Lipinski definition) is 18. The van der Waals surface area contributed by atoms with E-state index in [4.69, 9.17) is 46.4 Å². The summed E-state index contributed by atoms with van der Waals surface area (Å²) in [5.41, 5.74) is 7.13. The first-order valence-corrected chi connectivity index (χ1v) is 38.8. The van der Waals surface area contributed by atoms with Gasteiger partial charge in [-0.15, -0.1) is 20.4 Å². The molecule has 16 rings (SSSR count). The monoisotopic (exact) mass is 1680 g/mol. The van der Waals surface area contributed by atoms with Crippen molar-refractivity contribution >= 4 is 98.3 Å². The van der Waals surface area contributed by atoms with Crippen LogP contribution in [0.25, 0.3) is 22.7 Å². The number of amides is 1. The van der Waals surface area contributed by atoms with Gasteiger partial charge in [0.05, 0.1) is 105 Å². The van der Waals surface area contributed by atoms with E-state index in [-0.39, 0.29) is 108 Å².